The van der Waals surface area contributed by atoms with Gasteiger partial charge in [0.05, 0.1) is 6.54 Å². The molecule has 2 N–H and O–H groups in total. The largest absolute Gasteiger partial charge is 0.480 e. The molecule has 0 aliphatic carbocycles. The van der Waals surface area contributed by atoms with Crippen molar-refractivity contribution in [3.63, 3.8) is 0 Å². The number of carbonyl (C=O) groups excluding carboxylic acids is 1. The molecule has 2 rings (SSSR count). The molecule has 1 aliphatic rings. The molecule has 21 heavy (non-hydrogen) atoms. The maximum atomic E-state index is 12.1. The summed E-state index contributed by atoms with van der Waals surface area (Å²) in [5.74, 6) is -1.04. The number of benzene rings is 1. The van der Waals surface area contributed by atoms with Gasteiger partial charge in [-0.1, -0.05) is 24.6 Å². The molecule has 1 heterocycles. The number of rotatable bonds is 4. The second-order valence-corrected chi connectivity index (χ2v) is 5.87. The zero-order valence-corrected chi connectivity index (χ0v) is 12.6. The van der Waals surface area contributed by atoms with E-state index in [4.69, 9.17) is 11.6 Å². The van der Waals surface area contributed by atoms with Crippen LogP contribution in [0.5, 0.6) is 0 Å². The number of halogens is 1. The first-order valence-corrected chi connectivity index (χ1v) is 7.37. The van der Waals surface area contributed by atoms with Crippen LogP contribution in [-0.4, -0.2) is 41.0 Å². The van der Waals surface area contributed by atoms with Crippen molar-refractivity contribution < 1.29 is 14.7 Å². The molecule has 1 aromatic carbocycles. The average molecular weight is 311 g/mol. The summed E-state index contributed by atoms with van der Waals surface area (Å²) in [4.78, 5) is 25.2. The fourth-order valence-electron chi connectivity index (χ4n) is 2.80. The van der Waals surface area contributed by atoms with Gasteiger partial charge in [0.15, 0.2) is 0 Å². The number of carbonyl (C=O) groups is 2. The lowest BCUT2D eigenvalue weighted by atomic mass is 9.91. The SMILES string of the molecule is CC1CCCN(CC(=O)Nc2cccc(Cl)c2)C1C(=O)O. The summed E-state index contributed by atoms with van der Waals surface area (Å²) < 4.78 is 0. The number of nitrogens with one attached hydrogen (secondary N) is 1. The van der Waals surface area contributed by atoms with Crippen molar-refractivity contribution in [2.45, 2.75) is 25.8 Å². The highest BCUT2D eigenvalue weighted by atomic mass is 35.5. The number of aliphatic carboxylic acids is 1. The van der Waals surface area contributed by atoms with Crippen molar-refractivity contribution in [1.82, 2.24) is 4.90 Å². The second-order valence-electron chi connectivity index (χ2n) is 5.43. The first kappa shape index (κ1) is 15.8. The molecule has 1 saturated heterocycles. The predicted molar refractivity (Wildman–Crippen MR) is 81.5 cm³/mol. The van der Waals surface area contributed by atoms with Gasteiger partial charge >= 0.3 is 5.97 Å². The van der Waals surface area contributed by atoms with Crippen LogP contribution in [-0.2, 0) is 9.59 Å². The van der Waals surface area contributed by atoms with Gasteiger partial charge in [-0.25, -0.2) is 0 Å². The summed E-state index contributed by atoms with van der Waals surface area (Å²) in [6, 6.07) is 6.29. The van der Waals surface area contributed by atoms with E-state index in [-0.39, 0.29) is 18.4 Å². The quantitative estimate of drug-likeness (QED) is 0.896. The topological polar surface area (TPSA) is 69.6 Å². The fourth-order valence-corrected chi connectivity index (χ4v) is 2.99. The van der Waals surface area contributed by atoms with E-state index in [1.807, 2.05) is 6.92 Å². The molecule has 1 aliphatic heterocycles. The Morgan fingerprint density at radius 3 is 2.90 bits per heavy atom. The van der Waals surface area contributed by atoms with Crippen LogP contribution in [0.15, 0.2) is 24.3 Å². The van der Waals surface area contributed by atoms with E-state index in [2.05, 4.69) is 5.32 Å². The van der Waals surface area contributed by atoms with Crippen LogP contribution in [0, 0.1) is 5.92 Å². The van der Waals surface area contributed by atoms with Gasteiger partial charge in [0.25, 0.3) is 0 Å². The van der Waals surface area contributed by atoms with Gasteiger partial charge in [-0.3, -0.25) is 14.5 Å². The maximum Gasteiger partial charge on any atom is 0.321 e. The van der Waals surface area contributed by atoms with E-state index in [0.29, 0.717) is 17.3 Å². The minimum Gasteiger partial charge on any atom is -0.480 e. The van der Waals surface area contributed by atoms with Crippen molar-refractivity contribution >= 4 is 29.2 Å². The molecule has 0 radical (unpaired) electrons. The molecule has 0 spiro atoms. The molecule has 1 amide bonds. The highest BCUT2D eigenvalue weighted by Gasteiger charge is 2.34. The summed E-state index contributed by atoms with van der Waals surface area (Å²) in [6.07, 6.45) is 1.79. The molecule has 1 aromatic rings. The third-order valence-electron chi connectivity index (χ3n) is 3.75. The van der Waals surface area contributed by atoms with Crippen LogP contribution in [0.2, 0.25) is 5.02 Å². The second kappa shape index (κ2) is 6.91. The van der Waals surface area contributed by atoms with Crippen molar-refractivity contribution in [3.05, 3.63) is 29.3 Å². The lowest BCUT2D eigenvalue weighted by Crippen LogP contribution is -2.51. The predicted octanol–water partition coefficient (Wildman–Crippen LogP) is 2.46. The molecule has 0 saturated carbocycles. The summed E-state index contributed by atoms with van der Waals surface area (Å²) >= 11 is 5.86. The normalized spacial score (nSPS) is 22.8. The molecule has 2 unspecified atom stereocenters. The third kappa shape index (κ3) is 4.19. The zero-order chi connectivity index (χ0) is 15.4. The Morgan fingerprint density at radius 1 is 1.48 bits per heavy atom. The number of carboxylic acids is 1. The summed E-state index contributed by atoms with van der Waals surface area (Å²) in [5, 5.41) is 12.6. The lowest BCUT2D eigenvalue weighted by Gasteiger charge is -2.36. The van der Waals surface area contributed by atoms with E-state index >= 15 is 0 Å². The molecule has 2 atom stereocenters. The Balaban J connectivity index is 1.99. The van der Waals surface area contributed by atoms with Gasteiger partial charge in [-0.2, -0.15) is 0 Å². The van der Waals surface area contributed by atoms with Crippen molar-refractivity contribution in [1.29, 1.82) is 0 Å². The molecule has 0 bridgehead atoms. The number of piperidine rings is 1. The van der Waals surface area contributed by atoms with Crippen molar-refractivity contribution in [2.75, 3.05) is 18.4 Å². The number of amides is 1. The Labute approximate surface area is 128 Å². The summed E-state index contributed by atoms with van der Waals surface area (Å²) in [5.41, 5.74) is 0.615. The van der Waals surface area contributed by atoms with Crippen LogP contribution < -0.4 is 5.32 Å². The third-order valence-corrected chi connectivity index (χ3v) is 3.98. The van der Waals surface area contributed by atoms with E-state index in [1.165, 1.54) is 0 Å². The maximum absolute atomic E-state index is 12.1. The molecular formula is C15H19ClN2O3. The first-order chi connectivity index (χ1) is 9.97. The lowest BCUT2D eigenvalue weighted by molar-refractivity contribution is -0.147. The first-order valence-electron chi connectivity index (χ1n) is 6.99. The Hall–Kier alpha value is -1.59. The smallest absolute Gasteiger partial charge is 0.321 e. The van der Waals surface area contributed by atoms with Crippen LogP contribution in [0.25, 0.3) is 0 Å². The number of carboxylic acid groups (broad SMARTS) is 1. The van der Waals surface area contributed by atoms with E-state index < -0.39 is 12.0 Å². The minimum atomic E-state index is -0.863. The fraction of sp³-hybridized carbons (Fsp3) is 0.467. The van der Waals surface area contributed by atoms with Crippen LogP contribution in [0.3, 0.4) is 0 Å². The molecule has 1 fully saturated rings. The number of hydrogen-bond donors (Lipinski definition) is 2. The van der Waals surface area contributed by atoms with Crippen molar-refractivity contribution in [3.8, 4) is 0 Å². The average Bonchev–Trinajstić information content (AvgIpc) is 2.37. The van der Waals surface area contributed by atoms with Gasteiger partial charge in [0.2, 0.25) is 5.91 Å². The van der Waals surface area contributed by atoms with Gasteiger partial charge in [-0.15, -0.1) is 0 Å². The standard InChI is InChI=1S/C15H19ClN2O3/c1-10-4-3-7-18(14(10)15(20)21)9-13(19)17-12-6-2-5-11(16)8-12/h2,5-6,8,10,14H,3-4,7,9H2,1H3,(H,17,19)(H,20,21). The van der Waals surface area contributed by atoms with Crippen LogP contribution in [0.1, 0.15) is 19.8 Å². The highest BCUT2D eigenvalue weighted by molar-refractivity contribution is 6.30. The van der Waals surface area contributed by atoms with Gasteiger partial charge in [0, 0.05) is 10.7 Å². The summed E-state index contributed by atoms with van der Waals surface area (Å²) in [6.45, 7) is 2.62. The van der Waals surface area contributed by atoms with Crippen LogP contribution >= 0.6 is 11.6 Å². The van der Waals surface area contributed by atoms with Gasteiger partial charge < -0.3 is 10.4 Å². The number of nitrogens with zero attached hydrogens (tertiary/aromatic N) is 1. The monoisotopic (exact) mass is 310 g/mol. The number of likely N-dealkylation sites (tertiary alicyclic amines) is 1. The van der Waals surface area contributed by atoms with Crippen molar-refractivity contribution in [2.24, 2.45) is 5.92 Å². The van der Waals surface area contributed by atoms with E-state index in [1.54, 1.807) is 29.2 Å². The molecule has 0 aromatic heterocycles. The molecule has 5 nitrogen and oxygen atoms in total. The van der Waals surface area contributed by atoms with Gasteiger partial charge in [0.1, 0.15) is 6.04 Å². The minimum absolute atomic E-state index is 0.0511. The van der Waals surface area contributed by atoms with E-state index in [9.17, 15) is 14.7 Å². The highest BCUT2D eigenvalue weighted by Crippen LogP contribution is 2.23. The zero-order valence-electron chi connectivity index (χ0n) is 11.9. The Kier molecular flexibility index (Phi) is 5.20. The van der Waals surface area contributed by atoms with E-state index in [0.717, 1.165) is 12.8 Å². The molecular weight excluding hydrogens is 292 g/mol. The Morgan fingerprint density at radius 2 is 2.24 bits per heavy atom. The molecule has 114 valence electrons. The van der Waals surface area contributed by atoms with Crippen LogP contribution in [0.4, 0.5) is 5.69 Å². The van der Waals surface area contributed by atoms with Gasteiger partial charge in [-0.05, 0) is 43.5 Å². The number of hydrogen-bond acceptors (Lipinski definition) is 3. The molecule has 6 heteroatoms. The Bertz CT molecular complexity index is 535. The number of anilines is 1. The summed E-state index contributed by atoms with van der Waals surface area (Å²) in [7, 11) is 0.